The number of ether oxygens (including phenoxy) is 2. The van der Waals surface area contributed by atoms with Gasteiger partial charge in [-0.2, -0.15) is 0 Å². The second kappa shape index (κ2) is 9.06. The number of methoxy groups -OCH3 is 1. The van der Waals surface area contributed by atoms with Crippen molar-refractivity contribution in [3.05, 3.63) is 94.6 Å². The van der Waals surface area contributed by atoms with Gasteiger partial charge < -0.3 is 9.47 Å². The van der Waals surface area contributed by atoms with Gasteiger partial charge >= 0.3 is 0 Å². The molecule has 0 radical (unpaired) electrons. The Balaban J connectivity index is 1.58. The Morgan fingerprint density at radius 3 is 2.45 bits per heavy atom. The van der Waals surface area contributed by atoms with E-state index in [1.807, 2.05) is 6.07 Å². The standard InChI is InChI=1S/C24H18FNO4S/c1-29-20-12-11-16(13-21(20)30-15-17-7-5-6-10-19(17)25)14-22-23(27)26(24(28)31-22)18-8-3-2-4-9-18/h2-14H,15H2,1H3/b22-14+. The molecule has 0 aromatic heterocycles. The Morgan fingerprint density at radius 2 is 1.71 bits per heavy atom. The van der Waals surface area contributed by atoms with Gasteiger partial charge in [0.05, 0.1) is 17.7 Å². The lowest BCUT2D eigenvalue weighted by Gasteiger charge is -2.12. The van der Waals surface area contributed by atoms with E-state index in [4.69, 9.17) is 9.47 Å². The Kier molecular flexibility index (Phi) is 6.04. The van der Waals surface area contributed by atoms with E-state index in [1.54, 1.807) is 66.7 Å². The number of para-hydroxylation sites is 1. The van der Waals surface area contributed by atoms with Crippen LogP contribution in [0.2, 0.25) is 0 Å². The molecule has 3 aromatic rings. The second-order valence-electron chi connectivity index (χ2n) is 6.64. The first-order valence-corrected chi connectivity index (χ1v) is 10.3. The van der Waals surface area contributed by atoms with Crippen molar-refractivity contribution in [2.24, 2.45) is 0 Å². The predicted molar refractivity (Wildman–Crippen MR) is 119 cm³/mol. The van der Waals surface area contributed by atoms with Gasteiger partial charge in [-0.05, 0) is 53.7 Å². The summed E-state index contributed by atoms with van der Waals surface area (Å²) in [5, 5.41) is -0.355. The van der Waals surface area contributed by atoms with E-state index in [9.17, 15) is 14.0 Å². The van der Waals surface area contributed by atoms with Crippen molar-refractivity contribution in [3.8, 4) is 11.5 Å². The highest BCUT2D eigenvalue weighted by molar-refractivity contribution is 8.19. The predicted octanol–water partition coefficient (Wildman–Crippen LogP) is 5.65. The van der Waals surface area contributed by atoms with Crippen molar-refractivity contribution >= 4 is 34.7 Å². The molecular weight excluding hydrogens is 417 g/mol. The molecule has 3 aromatic carbocycles. The fourth-order valence-corrected chi connectivity index (χ4v) is 3.93. The third-order valence-electron chi connectivity index (χ3n) is 4.63. The van der Waals surface area contributed by atoms with E-state index in [2.05, 4.69) is 0 Å². The number of hydrogen-bond acceptors (Lipinski definition) is 5. The van der Waals surface area contributed by atoms with Crippen LogP contribution in [-0.4, -0.2) is 18.3 Å². The normalized spacial score (nSPS) is 14.9. The summed E-state index contributed by atoms with van der Waals surface area (Å²) in [6.45, 7) is 0.0248. The van der Waals surface area contributed by atoms with E-state index in [1.165, 1.54) is 13.2 Å². The molecule has 2 amide bonds. The highest BCUT2D eigenvalue weighted by Gasteiger charge is 2.36. The van der Waals surface area contributed by atoms with Crippen molar-refractivity contribution in [3.63, 3.8) is 0 Å². The van der Waals surface area contributed by atoms with Crippen LogP contribution in [-0.2, 0) is 11.4 Å². The average Bonchev–Trinajstić information content (AvgIpc) is 3.06. The number of anilines is 1. The fraction of sp³-hybridized carbons (Fsp3) is 0.0833. The van der Waals surface area contributed by atoms with Crippen LogP contribution in [0, 0.1) is 5.82 Å². The zero-order valence-corrected chi connectivity index (χ0v) is 17.4. The fourth-order valence-electron chi connectivity index (χ4n) is 3.09. The molecule has 0 unspecified atom stereocenters. The van der Waals surface area contributed by atoms with Crippen LogP contribution in [0.1, 0.15) is 11.1 Å². The molecule has 0 aliphatic carbocycles. The minimum atomic E-state index is -0.383. The molecule has 0 atom stereocenters. The number of rotatable bonds is 6. The van der Waals surface area contributed by atoms with E-state index < -0.39 is 0 Å². The van der Waals surface area contributed by atoms with Crippen molar-refractivity contribution < 1.29 is 23.5 Å². The minimum Gasteiger partial charge on any atom is -0.493 e. The molecule has 4 rings (SSSR count). The van der Waals surface area contributed by atoms with Crippen molar-refractivity contribution in [2.45, 2.75) is 6.61 Å². The summed E-state index contributed by atoms with van der Waals surface area (Å²) in [4.78, 5) is 26.6. The monoisotopic (exact) mass is 435 g/mol. The summed E-state index contributed by atoms with van der Waals surface area (Å²) >= 11 is 0.876. The molecule has 0 bridgehead atoms. The van der Waals surface area contributed by atoms with Crippen LogP contribution in [0.3, 0.4) is 0 Å². The number of nitrogens with zero attached hydrogens (tertiary/aromatic N) is 1. The maximum atomic E-state index is 13.9. The van der Waals surface area contributed by atoms with Crippen LogP contribution in [0.4, 0.5) is 14.9 Å². The summed E-state index contributed by atoms with van der Waals surface area (Å²) in [7, 11) is 1.51. The molecule has 0 N–H and O–H groups in total. The Hall–Kier alpha value is -3.58. The van der Waals surface area contributed by atoms with E-state index >= 15 is 0 Å². The number of carbonyl (C=O) groups is 2. The molecule has 1 aliphatic heterocycles. The summed E-state index contributed by atoms with van der Waals surface area (Å²) in [5.74, 6) is 0.144. The van der Waals surface area contributed by atoms with E-state index in [0.29, 0.717) is 33.2 Å². The van der Waals surface area contributed by atoms with Gasteiger partial charge in [0.2, 0.25) is 0 Å². The molecule has 31 heavy (non-hydrogen) atoms. The largest absolute Gasteiger partial charge is 0.493 e. The summed E-state index contributed by atoms with van der Waals surface area (Å²) in [5.41, 5.74) is 1.60. The number of benzene rings is 3. The number of thioether (sulfide) groups is 1. The third kappa shape index (κ3) is 4.46. The van der Waals surface area contributed by atoms with Crippen molar-refractivity contribution in [1.29, 1.82) is 0 Å². The number of hydrogen-bond donors (Lipinski definition) is 0. The first-order chi connectivity index (χ1) is 15.1. The van der Waals surface area contributed by atoms with E-state index in [0.717, 1.165) is 16.7 Å². The number of halogens is 1. The summed E-state index contributed by atoms with van der Waals surface area (Å²) in [6, 6.07) is 20.3. The topological polar surface area (TPSA) is 55.8 Å². The van der Waals surface area contributed by atoms with Gasteiger partial charge in [0, 0.05) is 5.56 Å². The van der Waals surface area contributed by atoms with Gasteiger partial charge in [-0.1, -0.05) is 42.5 Å². The zero-order valence-electron chi connectivity index (χ0n) is 16.6. The minimum absolute atomic E-state index is 0.0248. The third-order valence-corrected chi connectivity index (χ3v) is 5.50. The number of carbonyl (C=O) groups excluding carboxylic acids is 2. The lowest BCUT2D eigenvalue weighted by Crippen LogP contribution is -2.27. The van der Waals surface area contributed by atoms with E-state index in [-0.39, 0.29) is 23.6 Å². The lowest BCUT2D eigenvalue weighted by atomic mass is 10.1. The lowest BCUT2D eigenvalue weighted by molar-refractivity contribution is -0.113. The average molecular weight is 435 g/mol. The first-order valence-electron chi connectivity index (χ1n) is 9.44. The second-order valence-corrected chi connectivity index (χ2v) is 7.64. The molecule has 156 valence electrons. The zero-order chi connectivity index (χ0) is 21.8. The smallest absolute Gasteiger partial charge is 0.298 e. The van der Waals surface area contributed by atoms with Gasteiger partial charge in [-0.3, -0.25) is 9.59 Å². The summed E-state index contributed by atoms with van der Waals surface area (Å²) < 4.78 is 25.0. The van der Waals surface area contributed by atoms with Crippen LogP contribution in [0.25, 0.3) is 6.08 Å². The Labute approximate surface area is 183 Å². The van der Waals surface area contributed by atoms with Crippen LogP contribution in [0.15, 0.2) is 77.7 Å². The maximum Gasteiger partial charge on any atom is 0.298 e. The molecular formula is C24H18FNO4S. The van der Waals surface area contributed by atoms with Gasteiger partial charge in [-0.25, -0.2) is 9.29 Å². The van der Waals surface area contributed by atoms with Gasteiger partial charge in [-0.15, -0.1) is 0 Å². The van der Waals surface area contributed by atoms with Gasteiger partial charge in [0.1, 0.15) is 12.4 Å². The quantitative estimate of drug-likeness (QED) is 0.468. The molecule has 1 saturated heterocycles. The van der Waals surface area contributed by atoms with Crippen molar-refractivity contribution in [1.82, 2.24) is 0 Å². The first kappa shape index (κ1) is 20.7. The van der Waals surface area contributed by atoms with Gasteiger partial charge in [0.25, 0.3) is 11.1 Å². The molecule has 1 heterocycles. The molecule has 5 nitrogen and oxygen atoms in total. The molecule has 0 saturated carbocycles. The molecule has 7 heteroatoms. The summed E-state index contributed by atoms with van der Waals surface area (Å²) in [6.07, 6.45) is 1.63. The van der Waals surface area contributed by atoms with Crippen LogP contribution in [0.5, 0.6) is 11.5 Å². The van der Waals surface area contributed by atoms with Gasteiger partial charge in [0.15, 0.2) is 11.5 Å². The molecule has 0 spiro atoms. The van der Waals surface area contributed by atoms with Crippen LogP contribution < -0.4 is 14.4 Å². The highest BCUT2D eigenvalue weighted by atomic mass is 32.2. The highest BCUT2D eigenvalue weighted by Crippen LogP contribution is 2.37. The van der Waals surface area contributed by atoms with Crippen LogP contribution >= 0.6 is 11.8 Å². The van der Waals surface area contributed by atoms with Crippen molar-refractivity contribution in [2.75, 3.05) is 12.0 Å². The molecule has 1 aliphatic rings. The molecule has 1 fully saturated rings. The number of imide groups is 1. The maximum absolute atomic E-state index is 13.9. The Morgan fingerprint density at radius 1 is 0.968 bits per heavy atom. The Bertz CT molecular complexity index is 1160. The number of amides is 2. The SMILES string of the molecule is COc1ccc(/C=C2/SC(=O)N(c3ccccc3)C2=O)cc1OCc1ccccc1F.